The molecule has 2 aromatic heterocycles. The van der Waals surface area contributed by atoms with E-state index in [0.717, 1.165) is 12.5 Å². The average molecular weight is 241 g/mol. The van der Waals surface area contributed by atoms with Crippen molar-refractivity contribution < 1.29 is 13.3 Å². The predicted molar refractivity (Wildman–Crippen MR) is 55.3 cm³/mol. The first-order valence-corrected chi connectivity index (χ1v) is 4.73. The van der Waals surface area contributed by atoms with Gasteiger partial charge in [-0.15, -0.1) is 0 Å². The highest BCUT2D eigenvalue weighted by Crippen LogP contribution is 2.18. The van der Waals surface area contributed by atoms with E-state index in [1.54, 1.807) is 0 Å². The van der Waals surface area contributed by atoms with Gasteiger partial charge in [-0.05, 0) is 0 Å². The normalized spacial score (nSPS) is 10.3. The van der Waals surface area contributed by atoms with Crippen LogP contribution in [0.2, 0.25) is 0 Å². The molecule has 2 aromatic rings. The number of halogens is 2. The summed E-state index contributed by atoms with van der Waals surface area (Å²) in [6.07, 6.45) is 1.16. The Bertz CT molecular complexity index is 502. The number of rotatable bonds is 4. The zero-order chi connectivity index (χ0) is 12.3. The van der Waals surface area contributed by atoms with Crippen molar-refractivity contribution in [3.63, 3.8) is 0 Å². The molecule has 2 rings (SSSR count). The molecule has 0 aliphatic heterocycles. The summed E-state index contributed by atoms with van der Waals surface area (Å²) in [5.41, 5.74) is 0. The Morgan fingerprint density at radius 1 is 1.29 bits per heavy atom. The summed E-state index contributed by atoms with van der Waals surface area (Å²) < 4.78 is 31.0. The van der Waals surface area contributed by atoms with E-state index in [0.29, 0.717) is 5.82 Å². The molecule has 0 unspecified atom stereocenters. The van der Waals surface area contributed by atoms with Crippen LogP contribution in [0.4, 0.5) is 20.4 Å². The van der Waals surface area contributed by atoms with Gasteiger partial charge >= 0.3 is 0 Å². The summed E-state index contributed by atoms with van der Waals surface area (Å²) >= 11 is 0. The SMILES string of the molecule is CNc1nc(NCc2ncon2)c(F)cc1F. The first kappa shape index (κ1) is 11.2. The molecular weight excluding hydrogens is 232 g/mol. The summed E-state index contributed by atoms with van der Waals surface area (Å²) in [6.45, 7) is 0.134. The van der Waals surface area contributed by atoms with Crippen LogP contribution in [-0.2, 0) is 6.54 Å². The van der Waals surface area contributed by atoms with Crippen LogP contribution in [0.15, 0.2) is 17.0 Å². The van der Waals surface area contributed by atoms with Gasteiger partial charge in [0, 0.05) is 13.1 Å². The van der Waals surface area contributed by atoms with E-state index < -0.39 is 11.6 Å². The standard InChI is InChI=1S/C9H9F2N5O/c1-12-8-5(10)2-6(11)9(15-8)13-3-7-14-4-17-16-7/h2,4H,3H2,1H3,(H2,12,13,15). The highest BCUT2D eigenvalue weighted by Gasteiger charge is 2.11. The van der Waals surface area contributed by atoms with Crippen molar-refractivity contribution in [2.45, 2.75) is 6.54 Å². The van der Waals surface area contributed by atoms with Gasteiger partial charge in [-0.25, -0.2) is 13.8 Å². The minimum Gasteiger partial charge on any atom is -0.371 e. The Hall–Kier alpha value is -2.25. The molecule has 2 heterocycles. The van der Waals surface area contributed by atoms with Gasteiger partial charge in [-0.1, -0.05) is 5.16 Å². The van der Waals surface area contributed by atoms with Crippen LogP contribution < -0.4 is 10.6 Å². The summed E-state index contributed by atoms with van der Waals surface area (Å²) in [4.78, 5) is 7.47. The third-order valence-corrected chi connectivity index (χ3v) is 1.99. The average Bonchev–Trinajstić information content (AvgIpc) is 2.81. The lowest BCUT2D eigenvalue weighted by Crippen LogP contribution is -2.07. The first-order valence-electron chi connectivity index (χ1n) is 4.73. The van der Waals surface area contributed by atoms with Crippen molar-refractivity contribution in [2.24, 2.45) is 0 Å². The third kappa shape index (κ3) is 2.47. The van der Waals surface area contributed by atoms with Gasteiger partial charge < -0.3 is 15.2 Å². The van der Waals surface area contributed by atoms with Crippen molar-refractivity contribution in [1.82, 2.24) is 15.1 Å². The lowest BCUT2D eigenvalue weighted by molar-refractivity contribution is 0.411. The summed E-state index contributed by atoms with van der Waals surface area (Å²) in [5, 5.41) is 8.69. The number of nitrogens with one attached hydrogen (secondary N) is 2. The van der Waals surface area contributed by atoms with E-state index in [2.05, 4.69) is 30.3 Å². The van der Waals surface area contributed by atoms with E-state index in [1.807, 2.05) is 0 Å². The van der Waals surface area contributed by atoms with Crippen molar-refractivity contribution in [2.75, 3.05) is 17.7 Å². The van der Waals surface area contributed by atoms with E-state index in [4.69, 9.17) is 0 Å². The minimum absolute atomic E-state index is 0.0398. The maximum atomic E-state index is 13.3. The van der Waals surface area contributed by atoms with Crippen molar-refractivity contribution in [1.29, 1.82) is 0 Å². The molecule has 0 aliphatic rings. The molecule has 90 valence electrons. The molecule has 2 N–H and O–H groups in total. The van der Waals surface area contributed by atoms with Gasteiger partial charge in [0.05, 0.1) is 6.54 Å². The predicted octanol–water partition coefficient (Wildman–Crippen LogP) is 1.40. The van der Waals surface area contributed by atoms with Crippen molar-refractivity contribution in [3.8, 4) is 0 Å². The Kier molecular flexibility index (Phi) is 3.12. The van der Waals surface area contributed by atoms with E-state index in [1.165, 1.54) is 7.05 Å². The van der Waals surface area contributed by atoms with Gasteiger partial charge in [-0.2, -0.15) is 4.98 Å². The van der Waals surface area contributed by atoms with Crippen LogP contribution in [0.1, 0.15) is 5.82 Å². The minimum atomic E-state index is -0.787. The monoisotopic (exact) mass is 241 g/mol. The van der Waals surface area contributed by atoms with Crippen LogP contribution >= 0.6 is 0 Å². The van der Waals surface area contributed by atoms with Gasteiger partial charge in [0.2, 0.25) is 6.39 Å². The van der Waals surface area contributed by atoms with E-state index in [-0.39, 0.29) is 18.2 Å². The van der Waals surface area contributed by atoms with Gasteiger partial charge in [0.1, 0.15) is 0 Å². The van der Waals surface area contributed by atoms with E-state index in [9.17, 15) is 8.78 Å². The van der Waals surface area contributed by atoms with Gasteiger partial charge in [-0.3, -0.25) is 0 Å². The Labute approximate surface area is 95.1 Å². The molecule has 6 nitrogen and oxygen atoms in total. The molecule has 0 aromatic carbocycles. The molecule has 0 spiro atoms. The molecule has 0 aliphatic carbocycles. The Morgan fingerprint density at radius 3 is 2.71 bits per heavy atom. The summed E-state index contributed by atoms with van der Waals surface area (Å²) in [5.74, 6) is -1.32. The fraction of sp³-hybridized carbons (Fsp3) is 0.222. The number of anilines is 2. The Balaban J connectivity index is 2.15. The van der Waals surface area contributed by atoms with Crippen molar-refractivity contribution >= 4 is 11.6 Å². The molecule has 0 amide bonds. The first-order chi connectivity index (χ1) is 8.20. The smallest absolute Gasteiger partial charge is 0.213 e. The zero-order valence-electron chi connectivity index (χ0n) is 8.87. The highest BCUT2D eigenvalue weighted by atomic mass is 19.1. The second-order valence-corrected chi connectivity index (χ2v) is 3.10. The molecular formula is C9H9F2N5O. The van der Waals surface area contributed by atoms with Gasteiger partial charge in [0.15, 0.2) is 29.1 Å². The number of pyridine rings is 1. The lowest BCUT2D eigenvalue weighted by atomic mass is 10.4. The van der Waals surface area contributed by atoms with E-state index >= 15 is 0 Å². The maximum absolute atomic E-state index is 13.3. The van der Waals surface area contributed by atoms with Crippen molar-refractivity contribution in [3.05, 3.63) is 29.9 Å². The van der Waals surface area contributed by atoms with Crippen LogP contribution in [0, 0.1) is 11.6 Å². The van der Waals surface area contributed by atoms with Crippen LogP contribution in [0.3, 0.4) is 0 Å². The Morgan fingerprint density at radius 2 is 2.06 bits per heavy atom. The fourth-order valence-electron chi connectivity index (χ4n) is 1.20. The summed E-state index contributed by atoms with van der Waals surface area (Å²) in [7, 11) is 1.49. The molecule has 0 fully saturated rings. The second kappa shape index (κ2) is 4.73. The number of hydrogen-bond acceptors (Lipinski definition) is 6. The quantitative estimate of drug-likeness (QED) is 0.842. The lowest BCUT2D eigenvalue weighted by Gasteiger charge is -2.07. The fourth-order valence-corrected chi connectivity index (χ4v) is 1.20. The number of aromatic nitrogens is 3. The highest BCUT2D eigenvalue weighted by molar-refractivity contribution is 5.47. The van der Waals surface area contributed by atoms with Gasteiger partial charge in [0.25, 0.3) is 0 Å². The number of hydrogen-bond donors (Lipinski definition) is 2. The van der Waals surface area contributed by atoms with Crippen LogP contribution in [0.5, 0.6) is 0 Å². The molecule has 0 atom stereocenters. The maximum Gasteiger partial charge on any atom is 0.213 e. The number of nitrogens with zero attached hydrogens (tertiary/aromatic N) is 3. The molecule has 0 saturated carbocycles. The largest absolute Gasteiger partial charge is 0.371 e. The molecule has 0 bridgehead atoms. The molecule has 0 radical (unpaired) electrons. The summed E-state index contributed by atoms with van der Waals surface area (Å²) in [6, 6.07) is 0.747. The second-order valence-electron chi connectivity index (χ2n) is 3.10. The molecule has 0 saturated heterocycles. The molecule has 8 heteroatoms. The molecule has 17 heavy (non-hydrogen) atoms. The third-order valence-electron chi connectivity index (χ3n) is 1.99. The van der Waals surface area contributed by atoms with Crippen LogP contribution in [0.25, 0.3) is 0 Å². The van der Waals surface area contributed by atoms with Crippen LogP contribution in [-0.4, -0.2) is 22.2 Å². The zero-order valence-corrected chi connectivity index (χ0v) is 8.87. The topological polar surface area (TPSA) is 75.9 Å².